The summed E-state index contributed by atoms with van der Waals surface area (Å²) in [5.74, 6) is 0. The van der Waals surface area contributed by atoms with Crippen molar-refractivity contribution in [1.82, 2.24) is 0 Å². The molecule has 0 aromatic heterocycles. The summed E-state index contributed by atoms with van der Waals surface area (Å²) in [4.78, 5) is 0. The summed E-state index contributed by atoms with van der Waals surface area (Å²) < 4.78 is 29.3. The molecule has 0 bridgehead atoms. The van der Waals surface area contributed by atoms with Crippen LogP contribution in [0.5, 0.6) is 0 Å². The van der Waals surface area contributed by atoms with Gasteiger partial charge in [-0.25, -0.2) is 8.37 Å². The van der Waals surface area contributed by atoms with Gasteiger partial charge in [0.05, 0.1) is 13.2 Å². The predicted molar refractivity (Wildman–Crippen MR) is 30.0 cm³/mol. The van der Waals surface area contributed by atoms with Crippen LogP contribution in [0, 0.1) is 0 Å². The summed E-state index contributed by atoms with van der Waals surface area (Å²) in [7, 11) is -3.68. The highest BCUT2D eigenvalue weighted by Gasteiger charge is 2.10. The fraction of sp³-hybridized carbons (Fsp3) is 0.500. The van der Waals surface area contributed by atoms with Crippen molar-refractivity contribution < 1.29 is 16.8 Å². The average molecular weight is 150 g/mol. The van der Waals surface area contributed by atoms with Crippen LogP contribution in [0.15, 0.2) is 12.2 Å². The second-order valence-electron chi connectivity index (χ2n) is 1.45. The van der Waals surface area contributed by atoms with Crippen molar-refractivity contribution in [1.29, 1.82) is 0 Å². The zero-order valence-electron chi connectivity index (χ0n) is 4.61. The molecule has 0 spiro atoms. The van der Waals surface area contributed by atoms with Gasteiger partial charge in [0.25, 0.3) is 0 Å². The van der Waals surface area contributed by atoms with Crippen LogP contribution in [-0.4, -0.2) is 21.6 Å². The van der Waals surface area contributed by atoms with Crippen molar-refractivity contribution >= 4 is 10.4 Å². The Hall–Kier alpha value is -0.390. The first-order chi connectivity index (χ1) is 4.21. The maximum absolute atomic E-state index is 10.4. The minimum atomic E-state index is -3.68. The van der Waals surface area contributed by atoms with Crippen LogP contribution in [0.3, 0.4) is 0 Å². The van der Waals surface area contributed by atoms with Crippen molar-refractivity contribution in [2.24, 2.45) is 0 Å². The van der Waals surface area contributed by atoms with E-state index in [1.54, 1.807) is 12.2 Å². The molecule has 9 heavy (non-hydrogen) atoms. The van der Waals surface area contributed by atoms with Gasteiger partial charge in [-0.1, -0.05) is 12.2 Å². The smallest absolute Gasteiger partial charge is 0.244 e. The molecule has 0 aromatic carbocycles. The van der Waals surface area contributed by atoms with E-state index in [0.717, 1.165) is 0 Å². The minimum absolute atomic E-state index is 0.0718. The van der Waals surface area contributed by atoms with Crippen LogP contribution in [-0.2, 0) is 18.8 Å². The first-order valence-electron chi connectivity index (χ1n) is 2.39. The zero-order chi connectivity index (χ0) is 6.74. The molecule has 0 saturated carbocycles. The molecule has 0 aromatic rings. The van der Waals surface area contributed by atoms with Crippen LogP contribution in [0.4, 0.5) is 0 Å². The Morgan fingerprint density at radius 2 is 1.56 bits per heavy atom. The third-order valence-corrected chi connectivity index (χ3v) is 1.63. The van der Waals surface area contributed by atoms with Gasteiger partial charge in [0.2, 0.25) is 0 Å². The minimum Gasteiger partial charge on any atom is -0.244 e. The molecule has 0 N–H and O–H groups in total. The monoisotopic (exact) mass is 150 g/mol. The molecule has 4 nitrogen and oxygen atoms in total. The van der Waals surface area contributed by atoms with Crippen molar-refractivity contribution in [3.8, 4) is 0 Å². The molecule has 1 aliphatic heterocycles. The number of hydrogen-bond donors (Lipinski definition) is 0. The Morgan fingerprint density at radius 3 is 2.00 bits per heavy atom. The maximum atomic E-state index is 10.4. The van der Waals surface area contributed by atoms with Gasteiger partial charge >= 0.3 is 10.4 Å². The van der Waals surface area contributed by atoms with E-state index in [9.17, 15) is 8.42 Å². The van der Waals surface area contributed by atoms with Crippen LogP contribution in [0.25, 0.3) is 0 Å². The summed E-state index contributed by atoms with van der Waals surface area (Å²) in [6, 6.07) is 0. The van der Waals surface area contributed by atoms with Crippen LogP contribution in [0.1, 0.15) is 0 Å². The van der Waals surface area contributed by atoms with Crippen LogP contribution >= 0.6 is 0 Å². The van der Waals surface area contributed by atoms with E-state index in [1.165, 1.54) is 0 Å². The highest BCUT2D eigenvalue weighted by atomic mass is 32.3. The lowest BCUT2D eigenvalue weighted by atomic mass is 10.5. The molecule has 0 amide bonds. The Labute approximate surface area is 53.4 Å². The molecule has 0 fully saturated rings. The van der Waals surface area contributed by atoms with Gasteiger partial charge in [0.15, 0.2) is 0 Å². The Bertz CT molecular complexity index is 187. The summed E-state index contributed by atoms with van der Waals surface area (Å²) in [6.45, 7) is 0.144. The molecule has 1 heterocycles. The van der Waals surface area contributed by atoms with E-state index in [1.807, 2.05) is 0 Å². The largest absolute Gasteiger partial charge is 0.400 e. The fourth-order valence-electron chi connectivity index (χ4n) is 0.415. The van der Waals surface area contributed by atoms with Crippen molar-refractivity contribution in [2.75, 3.05) is 13.2 Å². The lowest BCUT2D eigenvalue weighted by Gasteiger charge is -1.96. The first-order valence-corrected chi connectivity index (χ1v) is 3.73. The fourth-order valence-corrected chi connectivity index (χ4v) is 0.974. The normalized spacial score (nSPS) is 25.3. The van der Waals surface area contributed by atoms with Crippen molar-refractivity contribution in [3.05, 3.63) is 12.2 Å². The van der Waals surface area contributed by atoms with Gasteiger partial charge in [0, 0.05) is 0 Å². The van der Waals surface area contributed by atoms with Gasteiger partial charge in [-0.3, -0.25) is 0 Å². The van der Waals surface area contributed by atoms with E-state index >= 15 is 0 Å². The molecule has 0 aliphatic carbocycles. The van der Waals surface area contributed by atoms with Gasteiger partial charge < -0.3 is 0 Å². The summed E-state index contributed by atoms with van der Waals surface area (Å²) in [6.07, 6.45) is 3.18. The van der Waals surface area contributed by atoms with E-state index in [0.29, 0.717) is 0 Å². The molecule has 0 saturated heterocycles. The van der Waals surface area contributed by atoms with Gasteiger partial charge in [-0.2, -0.15) is 8.42 Å². The molecule has 5 heteroatoms. The standard InChI is InChI=1S/C4H6O4S/c5-9(6)7-3-1-2-4-8-9/h1-2H,3-4H2. The second kappa shape index (κ2) is 2.47. The van der Waals surface area contributed by atoms with Crippen molar-refractivity contribution in [3.63, 3.8) is 0 Å². The maximum Gasteiger partial charge on any atom is 0.400 e. The Balaban J connectivity index is 2.66. The zero-order valence-corrected chi connectivity index (χ0v) is 5.43. The Morgan fingerprint density at radius 1 is 1.11 bits per heavy atom. The van der Waals surface area contributed by atoms with Gasteiger partial charge in [-0.05, 0) is 0 Å². The molecule has 0 atom stereocenters. The summed E-state index contributed by atoms with van der Waals surface area (Å²) >= 11 is 0. The molecule has 0 unspecified atom stereocenters. The summed E-state index contributed by atoms with van der Waals surface area (Å²) in [5, 5.41) is 0. The molecule has 52 valence electrons. The average Bonchev–Trinajstić information content (AvgIpc) is 1.92. The second-order valence-corrected chi connectivity index (χ2v) is 2.74. The van der Waals surface area contributed by atoms with Gasteiger partial charge in [-0.15, -0.1) is 0 Å². The lowest BCUT2D eigenvalue weighted by Crippen LogP contribution is -2.07. The predicted octanol–water partition coefficient (Wildman–Crippen LogP) is -0.166. The summed E-state index contributed by atoms with van der Waals surface area (Å²) in [5.41, 5.74) is 0. The topological polar surface area (TPSA) is 52.6 Å². The molecular formula is C4H6O4S. The molecular weight excluding hydrogens is 144 g/mol. The SMILES string of the molecule is O=S1(=O)OCC=CCO1. The molecule has 0 radical (unpaired) electrons. The van der Waals surface area contributed by atoms with Crippen molar-refractivity contribution in [2.45, 2.75) is 0 Å². The number of hydrogen-bond acceptors (Lipinski definition) is 4. The lowest BCUT2D eigenvalue weighted by molar-refractivity contribution is 0.257. The molecule has 1 rings (SSSR count). The highest BCUT2D eigenvalue weighted by molar-refractivity contribution is 7.81. The van der Waals surface area contributed by atoms with E-state index < -0.39 is 10.4 Å². The molecule has 1 aliphatic rings. The number of rotatable bonds is 0. The van der Waals surface area contributed by atoms with E-state index in [-0.39, 0.29) is 13.2 Å². The van der Waals surface area contributed by atoms with E-state index in [4.69, 9.17) is 0 Å². The highest BCUT2D eigenvalue weighted by Crippen LogP contribution is 1.99. The van der Waals surface area contributed by atoms with Crippen LogP contribution in [0.2, 0.25) is 0 Å². The van der Waals surface area contributed by atoms with Gasteiger partial charge in [0.1, 0.15) is 0 Å². The van der Waals surface area contributed by atoms with E-state index in [2.05, 4.69) is 8.37 Å². The quantitative estimate of drug-likeness (QED) is 0.450. The first kappa shape index (κ1) is 6.73. The van der Waals surface area contributed by atoms with Crippen LogP contribution < -0.4 is 0 Å². The third kappa shape index (κ3) is 2.13. The Kier molecular flexibility index (Phi) is 1.84. The third-order valence-electron chi connectivity index (χ3n) is 0.784.